The van der Waals surface area contributed by atoms with Crippen LogP contribution in [0.1, 0.15) is 17.2 Å². The summed E-state index contributed by atoms with van der Waals surface area (Å²) in [5.41, 5.74) is 5.56. The van der Waals surface area contributed by atoms with E-state index in [0.29, 0.717) is 10.6 Å². The first kappa shape index (κ1) is 14.5. The topological polar surface area (TPSA) is 26.0 Å². The molecule has 15 heavy (non-hydrogen) atoms. The number of hydrogen-bond donors (Lipinski definition) is 1. The molecule has 1 nitrogen and oxygen atoms in total. The van der Waals surface area contributed by atoms with E-state index in [9.17, 15) is 13.2 Å². The molecule has 1 rings (SSSR count). The van der Waals surface area contributed by atoms with E-state index < -0.39 is 12.2 Å². The molecule has 6 heteroatoms. The second-order valence-corrected chi connectivity index (χ2v) is 3.46. The Morgan fingerprint density at radius 3 is 2.27 bits per heavy atom. The first-order valence-electron chi connectivity index (χ1n) is 3.90. The van der Waals surface area contributed by atoms with E-state index in [-0.39, 0.29) is 18.0 Å². The Balaban J connectivity index is 0.00000196. The van der Waals surface area contributed by atoms with Crippen LogP contribution in [0.3, 0.4) is 0 Å². The Bertz CT molecular complexity index is 339. The van der Waals surface area contributed by atoms with Crippen molar-refractivity contribution in [2.75, 3.05) is 0 Å². The highest BCUT2D eigenvalue weighted by molar-refractivity contribution is 6.30. The summed E-state index contributed by atoms with van der Waals surface area (Å²) in [5.74, 6) is 0. The zero-order chi connectivity index (χ0) is 10.9. The van der Waals surface area contributed by atoms with Crippen LogP contribution < -0.4 is 5.73 Å². The van der Waals surface area contributed by atoms with Crippen molar-refractivity contribution in [1.29, 1.82) is 0 Å². The lowest BCUT2D eigenvalue weighted by Crippen LogP contribution is -2.29. The molecule has 0 saturated heterocycles. The maximum absolute atomic E-state index is 12.3. The zero-order valence-electron chi connectivity index (χ0n) is 7.81. The fourth-order valence-corrected chi connectivity index (χ4v) is 1.39. The van der Waals surface area contributed by atoms with Crippen molar-refractivity contribution in [1.82, 2.24) is 0 Å². The highest BCUT2D eigenvalue weighted by Crippen LogP contribution is 2.32. The summed E-state index contributed by atoms with van der Waals surface area (Å²) in [4.78, 5) is 0. The van der Waals surface area contributed by atoms with Gasteiger partial charge in [0.05, 0.1) is 0 Å². The number of alkyl halides is 3. The zero-order valence-corrected chi connectivity index (χ0v) is 9.38. The first-order chi connectivity index (χ1) is 6.32. The summed E-state index contributed by atoms with van der Waals surface area (Å²) in [6.45, 7) is 1.55. The lowest BCUT2D eigenvalue weighted by atomic mass is 10.0. The predicted molar refractivity (Wildman–Crippen MR) is 56.4 cm³/mol. The molecule has 0 amide bonds. The van der Waals surface area contributed by atoms with Crippen molar-refractivity contribution in [3.63, 3.8) is 0 Å². The molecule has 1 aromatic rings. The van der Waals surface area contributed by atoms with Crippen LogP contribution in [0, 0.1) is 6.92 Å². The van der Waals surface area contributed by atoms with Gasteiger partial charge in [0.2, 0.25) is 0 Å². The highest BCUT2D eigenvalue weighted by atomic mass is 35.5. The summed E-state index contributed by atoms with van der Waals surface area (Å²) in [6, 6.07) is 2.22. The minimum Gasteiger partial charge on any atom is -0.316 e. The van der Waals surface area contributed by atoms with Gasteiger partial charge >= 0.3 is 6.18 Å². The smallest absolute Gasteiger partial charge is 0.316 e. The molecule has 1 aromatic carbocycles. The summed E-state index contributed by atoms with van der Waals surface area (Å²) < 4.78 is 36.8. The van der Waals surface area contributed by atoms with Crippen LogP contribution in [-0.2, 0) is 0 Å². The molecule has 86 valence electrons. The van der Waals surface area contributed by atoms with Crippen LogP contribution in [0.4, 0.5) is 13.2 Å². The minimum atomic E-state index is -4.42. The number of hydrogen-bond acceptors (Lipinski definition) is 1. The van der Waals surface area contributed by atoms with Gasteiger partial charge in [0.15, 0.2) is 0 Å². The molecule has 2 N–H and O–H groups in total. The molecule has 0 unspecified atom stereocenters. The average molecular weight is 260 g/mol. The fourth-order valence-electron chi connectivity index (χ4n) is 1.16. The molecule has 0 aromatic heterocycles. The van der Waals surface area contributed by atoms with Crippen molar-refractivity contribution in [3.8, 4) is 0 Å². The largest absolute Gasteiger partial charge is 0.407 e. The molecular weight excluding hydrogens is 250 g/mol. The van der Waals surface area contributed by atoms with Crippen LogP contribution in [0.5, 0.6) is 0 Å². The number of benzene rings is 1. The van der Waals surface area contributed by atoms with E-state index in [0.717, 1.165) is 0 Å². The van der Waals surface area contributed by atoms with Gasteiger partial charge < -0.3 is 5.73 Å². The van der Waals surface area contributed by atoms with Crippen LogP contribution in [0.15, 0.2) is 18.2 Å². The van der Waals surface area contributed by atoms with Crippen molar-refractivity contribution in [3.05, 3.63) is 34.3 Å². The molecule has 0 aliphatic rings. The van der Waals surface area contributed by atoms with Gasteiger partial charge in [-0.05, 0) is 30.2 Å². The SMILES string of the molecule is Cc1cc(Cl)ccc1[C@@H](N)C(F)(F)F.Cl. The van der Waals surface area contributed by atoms with Gasteiger partial charge in [-0.1, -0.05) is 17.7 Å². The molecule has 0 fully saturated rings. The molecule has 0 bridgehead atoms. The molecule has 0 saturated carbocycles. The Labute approximate surface area is 96.8 Å². The van der Waals surface area contributed by atoms with Gasteiger partial charge in [-0.15, -0.1) is 12.4 Å². The molecule has 0 aliphatic carbocycles. The van der Waals surface area contributed by atoms with E-state index in [1.54, 1.807) is 6.92 Å². The maximum Gasteiger partial charge on any atom is 0.407 e. The van der Waals surface area contributed by atoms with Crippen LogP contribution >= 0.6 is 24.0 Å². The Morgan fingerprint density at radius 2 is 1.87 bits per heavy atom. The van der Waals surface area contributed by atoms with E-state index in [4.69, 9.17) is 17.3 Å². The van der Waals surface area contributed by atoms with Gasteiger partial charge in [0.1, 0.15) is 6.04 Å². The Morgan fingerprint density at radius 1 is 1.33 bits per heavy atom. The van der Waals surface area contributed by atoms with Gasteiger partial charge in [-0.3, -0.25) is 0 Å². The van der Waals surface area contributed by atoms with Crippen LogP contribution in [-0.4, -0.2) is 6.18 Å². The van der Waals surface area contributed by atoms with E-state index in [1.165, 1.54) is 18.2 Å². The Hall–Kier alpha value is -0.450. The van der Waals surface area contributed by atoms with Crippen molar-refractivity contribution in [2.24, 2.45) is 5.73 Å². The third-order valence-electron chi connectivity index (χ3n) is 1.92. The second-order valence-electron chi connectivity index (χ2n) is 3.02. The standard InChI is InChI=1S/C9H9ClF3N.ClH/c1-5-4-6(10)2-3-7(5)8(14)9(11,12)13;/h2-4,8H,14H2,1H3;1H/t8-;/m1./s1. The Kier molecular flexibility index (Phi) is 4.90. The van der Waals surface area contributed by atoms with E-state index >= 15 is 0 Å². The molecule has 1 atom stereocenters. The normalized spacial score (nSPS) is 13.2. The maximum atomic E-state index is 12.3. The predicted octanol–water partition coefficient (Wildman–Crippen LogP) is 3.63. The van der Waals surface area contributed by atoms with E-state index in [2.05, 4.69) is 0 Å². The van der Waals surface area contributed by atoms with E-state index in [1.807, 2.05) is 0 Å². The summed E-state index contributed by atoms with van der Waals surface area (Å²) in [6.07, 6.45) is -4.42. The van der Waals surface area contributed by atoms with Crippen molar-refractivity contribution >= 4 is 24.0 Å². The summed E-state index contributed by atoms with van der Waals surface area (Å²) in [7, 11) is 0. The van der Waals surface area contributed by atoms with Crippen molar-refractivity contribution in [2.45, 2.75) is 19.1 Å². The first-order valence-corrected chi connectivity index (χ1v) is 4.28. The van der Waals surface area contributed by atoms with Gasteiger partial charge in [-0.2, -0.15) is 13.2 Å². The third-order valence-corrected chi connectivity index (χ3v) is 2.15. The molecule has 0 heterocycles. The number of rotatable bonds is 1. The number of nitrogens with two attached hydrogens (primary N) is 1. The number of halogens is 5. The fraction of sp³-hybridized carbons (Fsp3) is 0.333. The second kappa shape index (κ2) is 5.05. The quantitative estimate of drug-likeness (QED) is 0.819. The minimum absolute atomic E-state index is 0. The number of aryl methyl sites for hydroxylation is 1. The van der Waals surface area contributed by atoms with Gasteiger partial charge in [0.25, 0.3) is 0 Å². The highest BCUT2D eigenvalue weighted by Gasteiger charge is 2.38. The summed E-state index contributed by atoms with van der Waals surface area (Å²) in [5, 5.41) is 0.403. The molecule has 0 spiro atoms. The summed E-state index contributed by atoms with van der Waals surface area (Å²) >= 11 is 5.61. The van der Waals surface area contributed by atoms with Crippen molar-refractivity contribution < 1.29 is 13.2 Å². The monoisotopic (exact) mass is 259 g/mol. The van der Waals surface area contributed by atoms with Gasteiger partial charge in [0, 0.05) is 5.02 Å². The lowest BCUT2D eigenvalue weighted by molar-refractivity contribution is -0.149. The third kappa shape index (κ3) is 3.55. The average Bonchev–Trinajstić information content (AvgIpc) is 2.01. The molecule has 0 radical (unpaired) electrons. The molecular formula is C9H10Cl2F3N. The van der Waals surface area contributed by atoms with Crippen LogP contribution in [0.25, 0.3) is 0 Å². The lowest BCUT2D eigenvalue weighted by Gasteiger charge is -2.17. The van der Waals surface area contributed by atoms with Gasteiger partial charge in [-0.25, -0.2) is 0 Å². The molecule has 0 aliphatic heterocycles. The van der Waals surface area contributed by atoms with Crippen LogP contribution in [0.2, 0.25) is 5.02 Å².